The van der Waals surface area contributed by atoms with E-state index in [1.807, 2.05) is 0 Å². The van der Waals surface area contributed by atoms with Crippen LogP contribution in [0.3, 0.4) is 0 Å². The molecule has 0 bridgehead atoms. The molecule has 1 atom stereocenters. The number of esters is 1. The molecule has 76 valence electrons. The van der Waals surface area contributed by atoms with E-state index in [-0.39, 0.29) is 0 Å². The molecule has 0 radical (unpaired) electrons. The lowest BCUT2D eigenvalue weighted by atomic mass is 10.5. The molecule has 0 aliphatic rings. The average molecular weight is 206 g/mol. The van der Waals surface area contributed by atoms with Crippen molar-refractivity contribution in [2.75, 3.05) is 0 Å². The zero-order chi connectivity index (χ0) is 10.6. The molecular weight excluding hydrogens is 201 g/mol. The second kappa shape index (κ2) is 4.54. The minimum Gasteiger partial charge on any atom is -0.419 e. The number of halogens is 3. The summed E-state index contributed by atoms with van der Waals surface area (Å²) in [6.45, 7) is 0. The van der Waals surface area contributed by atoms with Crippen molar-refractivity contribution in [2.45, 2.75) is 12.8 Å². The van der Waals surface area contributed by atoms with Crippen molar-refractivity contribution in [3.8, 4) is 0 Å². The van der Waals surface area contributed by atoms with Gasteiger partial charge in [0.15, 0.2) is 0 Å². The van der Waals surface area contributed by atoms with Crippen LogP contribution in [0.25, 0.3) is 0 Å². The molecule has 14 heavy (non-hydrogen) atoms. The summed E-state index contributed by atoms with van der Waals surface area (Å²) in [5, 5.41) is 0. The largest absolute Gasteiger partial charge is 0.419 e. The van der Waals surface area contributed by atoms with Crippen LogP contribution < -0.4 is 0 Å². The van der Waals surface area contributed by atoms with E-state index < -0.39 is 24.6 Å². The van der Waals surface area contributed by atoms with Gasteiger partial charge in [-0.25, -0.2) is 23.5 Å². The summed E-state index contributed by atoms with van der Waals surface area (Å²) in [6.07, 6.45) is -3.91. The summed E-state index contributed by atoms with van der Waals surface area (Å²) in [4.78, 5) is 17.6. The second-order valence-electron chi connectivity index (χ2n) is 2.16. The van der Waals surface area contributed by atoms with Crippen LogP contribution in [0.15, 0.2) is 18.5 Å². The first-order valence-corrected chi connectivity index (χ1v) is 3.51. The Morgan fingerprint density at radius 3 is 2.36 bits per heavy atom. The van der Waals surface area contributed by atoms with Gasteiger partial charge in [-0.1, -0.05) is 0 Å². The molecule has 0 amide bonds. The van der Waals surface area contributed by atoms with Gasteiger partial charge in [0.25, 0.3) is 0 Å². The standard InChI is InChI=1S/C7H5F3N2O2/c8-4(9)5(10)14-7(13)6-11-2-1-3-12-6/h1-5H. The molecule has 0 aromatic carbocycles. The smallest absolute Gasteiger partial charge is 0.379 e. The summed E-state index contributed by atoms with van der Waals surface area (Å²) in [6, 6.07) is 1.41. The number of alkyl halides is 3. The van der Waals surface area contributed by atoms with Gasteiger partial charge in [0, 0.05) is 12.4 Å². The van der Waals surface area contributed by atoms with Crippen LogP contribution in [0.2, 0.25) is 0 Å². The zero-order valence-corrected chi connectivity index (χ0v) is 6.73. The van der Waals surface area contributed by atoms with Crippen LogP contribution in [-0.2, 0) is 4.74 Å². The monoisotopic (exact) mass is 206 g/mol. The van der Waals surface area contributed by atoms with Crippen molar-refractivity contribution in [1.29, 1.82) is 0 Å². The summed E-state index contributed by atoms with van der Waals surface area (Å²) in [5.41, 5.74) is 0. The molecular formula is C7H5F3N2O2. The predicted molar refractivity (Wildman–Crippen MR) is 38.3 cm³/mol. The van der Waals surface area contributed by atoms with Gasteiger partial charge in [-0.3, -0.25) is 0 Å². The highest BCUT2D eigenvalue weighted by Crippen LogP contribution is 2.08. The Balaban J connectivity index is 2.60. The van der Waals surface area contributed by atoms with Crippen LogP contribution in [0.1, 0.15) is 10.6 Å². The topological polar surface area (TPSA) is 52.1 Å². The van der Waals surface area contributed by atoms with Crippen LogP contribution in [0, 0.1) is 0 Å². The molecule has 0 N–H and O–H groups in total. The van der Waals surface area contributed by atoms with E-state index in [4.69, 9.17) is 0 Å². The fourth-order valence-corrected chi connectivity index (χ4v) is 0.611. The number of carbonyl (C=O) groups excluding carboxylic acids is 1. The van der Waals surface area contributed by atoms with Gasteiger partial charge < -0.3 is 4.74 Å². The normalized spacial score (nSPS) is 12.6. The first kappa shape index (κ1) is 10.4. The van der Waals surface area contributed by atoms with E-state index in [2.05, 4.69) is 14.7 Å². The summed E-state index contributed by atoms with van der Waals surface area (Å²) in [7, 11) is 0. The number of aromatic nitrogens is 2. The number of carbonyl (C=O) groups is 1. The van der Waals surface area contributed by atoms with E-state index >= 15 is 0 Å². The van der Waals surface area contributed by atoms with E-state index in [0.717, 1.165) is 0 Å². The molecule has 0 saturated heterocycles. The molecule has 1 unspecified atom stereocenters. The SMILES string of the molecule is O=C(OC(F)C(F)F)c1ncccn1. The third kappa shape index (κ3) is 2.68. The summed E-state index contributed by atoms with van der Waals surface area (Å²) in [5.74, 6) is -1.78. The van der Waals surface area contributed by atoms with E-state index in [9.17, 15) is 18.0 Å². The van der Waals surface area contributed by atoms with Crippen LogP contribution >= 0.6 is 0 Å². The van der Waals surface area contributed by atoms with Crippen molar-refractivity contribution >= 4 is 5.97 Å². The molecule has 1 heterocycles. The zero-order valence-electron chi connectivity index (χ0n) is 6.73. The van der Waals surface area contributed by atoms with Crippen molar-refractivity contribution in [3.05, 3.63) is 24.3 Å². The van der Waals surface area contributed by atoms with Crippen LogP contribution in [-0.4, -0.2) is 28.7 Å². The highest BCUT2D eigenvalue weighted by Gasteiger charge is 2.25. The summed E-state index contributed by atoms with van der Waals surface area (Å²) >= 11 is 0. The van der Waals surface area contributed by atoms with Crippen LogP contribution in [0.5, 0.6) is 0 Å². The third-order valence-electron chi connectivity index (χ3n) is 1.17. The van der Waals surface area contributed by atoms with Gasteiger partial charge in [0.05, 0.1) is 0 Å². The Kier molecular flexibility index (Phi) is 3.38. The lowest BCUT2D eigenvalue weighted by Gasteiger charge is -2.06. The third-order valence-corrected chi connectivity index (χ3v) is 1.17. The predicted octanol–water partition coefficient (Wildman–Crippen LogP) is 1.19. The maximum Gasteiger partial charge on any atom is 0.379 e. The molecule has 1 aromatic rings. The van der Waals surface area contributed by atoms with Crippen molar-refractivity contribution in [1.82, 2.24) is 9.97 Å². The quantitative estimate of drug-likeness (QED) is 0.697. The van der Waals surface area contributed by atoms with E-state index in [1.165, 1.54) is 18.5 Å². The highest BCUT2D eigenvalue weighted by atomic mass is 19.3. The molecule has 0 spiro atoms. The summed E-state index contributed by atoms with van der Waals surface area (Å²) < 4.78 is 39.2. The second-order valence-corrected chi connectivity index (χ2v) is 2.16. The highest BCUT2D eigenvalue weighted by molar-refractivity contribution is 5.84. The fraction of sp³-hybridized carbons (Fsp3) is 0.286. The number of nitrogens with zero attached hydrogens (tertiary/aromatic N) is 2. The first-order valence-electron chi connectivity index (χ1n) is 3.51. The molecule has 1 rings (SSSR count). The fourth-order valence-electron chi connectivity index (χ4n) is 0.611. The van der Waals surface area contributed by atoms with Gasteiger partial charge in [0.1, 0.15) is 0 Å². The minimum absolute atomic E-state index is 0.462. The van der Waals surface area contributed by atoms with Crippen molar-refractivity contribution in [3.63, 3.8) is 0 Å². The Labute approximate surface area is 76.7 Å². The Bertz CT molecular complexity index is 307. The van der Waals surface area contributed by atoms with Gasteiger partial charge in [-0.2, -0.15) is 4.39 Å². The maximum atomic E-state index is 12.2. The number of rotatable bonds is 3. The number of hydrogen-bond donors (Lipinski definition) is 0. The molecule has 0 aliphatic carbocycles. The van der Waals surface area contributed by atoms with Gasteiger partial charge in [0.2, 0.25) is 5.82 Å². The number of hydrogen-bond acceptors (Lipinski definition) is 4. The molecule has 7 heteroatoms. The Hall–Kier alpha value is -1.66. The lowest BCUT2D eigenvalue weighted by molar-refractivity contribution is -0.0976. The molecule has 1 aromatic heterocycles. The lowest BCUT2D eigenvalue weighted by Crippen LogP contribution is -2.22. The van der Waals surface area contributed by atoms with E-state index in [1.54, 1.807) is 0 Å². The van der Waals surface area contributed by atoms with Gasteiger partial charge in [-0.15, -0.1) is 0 Å². The Morgan fingerprint density at radius 2 is 1.86 bits per heavy atom. The van der Waals surface area contributed by atoms with Gasteiger partial charge in [-0.05, 0) is 6.07 Å². The van der Waals surface area contributed by atoms with Gasteiger partial charge >= 0.3 is 18.8 Å². The number of ether oxygens (including phenoxy) is 1. The van der Waals surface area contributed by atoms with Crippen LogP contribution in [0.4, 0.5) is 13.2 Å². The molecule has 0 saturated carbocycles. The van der Waals surface area contributed by atoms with E-state index in [0.29, 0.717) is 0 Å². The molecule has 0 fully saturated rings. The molecule has 4 nitrogen and oxygen atoms in total. The Morgan fingerprint density at radius 1 is 1.29 bits per heavy atom. The van der Waals surface area contributed by atoms with Crippen molar-refractivity contribution < 1.29 is 22.7 Å². The van der Waals surface area contributed by atoms with Crippen molar-refractivity contribution in [2.24, 2.45) is 0 Å². The minimum atomic E-state index is -3.37. The maximum absolute atomic E-state index is 12.2. The first-order chi connectivity index (χ1) is 6.61. The average Bonchev–Trinajstić information content (AvgIpc) is 2.19. The molecule has 0 aliphatic heterocycles.